The minimum absolute atomic E-state index is 0.146. The Labute approximate surface area is 115 Å². The standard InChI is InChI=1S/C16H22N2O/c19-15(12-14-6-5-9-17-13-14)16(7-1-2-8-16)18-10-3-4-11-18/h5-6,9,13H,1-4,7-8,10-12H2. The number of nitrogens with zero attached hydrogens (tertiary/aromatic N) is 2. The zero-order valence-electron chi connectivity index (χ0n) is 11.5. The molecular weight excluding hydrogens is 236 g/mol. The first-order valence-corrected chi connectivity index (χ1v) is 7.48. The van der Waals surface area contributed by atoms with Crippen LogP contribution in [0.1, 0.15) is 44.1 Å². The smallest absolute Gasteiger partial charge is 0.157 e. The van der Waals surface area contributed by atoms with Crippen molar-refractivity contribution >= 4 is 5.78 Å². The summed E-state index contributed by atoms with van der Waals surface area (Å²) in [7, 11) is 0. The van der Waals surface area contributed by atoms with E-state index in [0.717, 1.165) is 31.5 Å². The van der Waals surface area contributed by atoms with Crippen molar-refractivity contribution in [3.63, 3.8) is 0 Å². The van der Waals surface area contributed by atoms with Crippen LogP contribution in [-0.4, -0.2) is 34.3 Å². The summed E-state index contributed by atoms with van der Waals surface area (Å²) in [5.41, 5.74) is 0.907. The number of pyridine rings is 1. The zero-order valence-corrected chi connectivity index (χ0v) is 11.5. The van der Waals surface area contributed by atoms with Crippen LogP contribution < -0.4 is 0 Å². The fraction of sp³-hybridized carbons (Fsp3) is 0.625. The Morgan fingerprint density at radius 3 is 2.58 bits per heavy atom. The van der Waals surface area contributed by atoms with Gasteiger partial charge >= 0.3 is 0 Å². The third kappa shape index (κ3) is 2.44. The largest absolute Gasteiger partial charge is 0.297 e. The molecule has 2 aliphatic rings. The minimum Gasteiger partial charge on any atom is -0.297 e. The van der Waals surface area contributed by atoms with E-state index in [9.17, 15) is 4.79 Å². The summed E-state index contributed by atoms with van der Waals surface area (Å²) in [6, 6.07) is 3.93. The van der Waals surface area contributed by atoms with Gasteiger partial charge in [0.2, 0.25) is 0 Å². The molecule has 2 fully saturated rings. The summed E-state index contributed by atoms with van der Waals surface area (Å²) >= 11 is 0. The third-order valence-electron chi connectivity index (χ3n) is 4.75. The highest BCUT2D eigenvalue weighted by Gasteiger charge is 2.45. The van der Waals surface area contributed by atoms with Crippen molar-refractivity contribution in [3.8, 4) is 0 Å². The molecular formula is C16H22N2O. The third-order valence-corrected chi connectivity index (χ3v) is 4.75. The lowest BCUT2D eigenvalue weighted by Gasteiger charge is -2.37. The quantitative estimate of drug-likeness (QED) is 0.832. The normalized spacial score (nSPS) is 22.7. The van der Waals surface area contributed by atoms with E-state index >= 15 is 0 Å². The Kier molecular flexibility index (Phi) is 3.65. The van der Waals surface area contributed by atoms with Crippen LogP contribution in [0.15, 0.2) is 24.5 Å². The first-order chi connectivity index (χ1) is 9.31. The van der Waals surface area contributed by atoms with Crippen molar-refractivity contribution in [1.29, 1.82) is 0 Å². The maximum Gasteiger partial charge on any atom is 0.157 e. The Balaban J connectivity index is 1.78. The Morgan fingerprint density at radius 1 is 1.21 bits per heavy atom. The van der Waals surface area contributed by atoms with Crippen LogP contribution in [0.25, 0.3) is 0 Å². The monoisotopic (exact) mass is 258 g/mol. The summed E-state index contributed by atoms with van der Waals surface area (Å²) in [6.07, 6.45) is 11.2. The molecule has 1 aliphatic heterocycles. The fourth-order valence-electron chi connectivity index (χ4n) is 3.73. The molecule has 0 amide bonds. The van der Waals surface area contributed by atoms with Crippen LogP contribution in [0.2, 0.25) is 0 Å². The van der Waals surface area contributed by atoms with Crippen LogP contribution in [0.5, 0.6) is 0 Å². The molecule has 1 aromatic heterocycles. The average Bonchev–Trinajstić information content (AvgIpc) is 3.12. The molecule has 1 aliphatic carbocycles. The van der Waals surface area contributed by atoms with E-state index in [1.54, 1.807) is 6.20 Å². The van der Waals surface area contributed by atoms with E-state index in [1.807, 2.05) is 18.3 Å². The molecule has 0 N–H and O–H groups in total. The average molecular weight is 258 g/mol. The topological polar surface area (TPSA) is 33.2 Å². The Hall–Kier alpha value is -1.22. The molecule has 2 heterocycles. The van der Waals surface area contributed by atoms with Gasteiger partial charge in [-0.05, 0) is 50.4 Å². The highest BCUT2D eigenvalue weighted by molar-refractivity contribution is 5.90. The number of carbonyl (C=O) groups excluding carboxylic acids is 1. The van der Waals surface area contributed by atoms with Gasteiger partial charge in [-0.15, -0.1) is 0 Å². The van der Waals surface area contributed by atoms with Crippen LogP contribution in [0.4, 0.5) is 0 Å². The summed E-state index contributed by atoms with van der Waals surface area (Å²) in [4.78, 5) is 19.4. The maximum absolute atomic E-state index is 12.9. The molecule has 0 bridgehead atoms. The van der Waals surface area contributed by atoms with Crippen molar-refractivity contribution in [1.82, 2.24) is 9.88 Å². The lowest BCUT2D eigenvalue weighted by atomic mass is 9.86. The Morgan fingerprint density at radius 2 is 1.95 bits per heavy atom. The molecule has 19 heavy (non-hydrogen) atoms. The van der Waals surface area contributed by atoms with Gasteiger partial charge in [0.15, 0.2) is 5.78 Å². The first-order valence-electron chi connectivity index (χ1n) is 7.48. The number of Topliss-reactive ketones (excluding diaryl/α,β-unsaturated/α-hetero) is 1. The molecule has 1 aromatic rings. The number of aromatic nitrogens is 1. The van der Waals surface area contributed by atoms with Crippen LogP contribution >= 0.6 is 0 Å². The van der Waals surface area contributed by atoms with E-state index in [-0.39, 0.29) is 5.54 Å². The zero-order chi connectivity index (χ0) is 13.1. The summed E-state index contributed by atoms with van der Waals surface area (Å²) < 4.78 is 0. The van der Waals surface area contributed by atoms with Gasteiger partial charge in [0.1, 0.15) is 0 Å². The maximum atomic E-state index is 12.9. The van der Waals surface area contributed by atoms with Gasteiger partial charge in [-0.25, -0.2) is 0 Å². The van der Waals surface area contributed by atoms with E-state index in [0.29, 0.717) is 12.2 Å². The lowest BCUT2D eigenvalue weighted by molar-refractivity contribution is -0.129. The van der Waals surface area contributed by atoms with Crippen LogP contribution in [0.3, 0.4) is 0 Å². The van der Waals surface area contributed by atoms with Crippen molar-refractivity contribution < 1.29 is 4.79 Å². The molecule has 0 atom stereocenters. The molecule has 3 heteroatoms. The van der Waals surface area contributed by atoms with Crippen molar-refractivity contribution in [2.45, 2.75) is 50.5 Å². The fourth-order valence-corrected chi connectivity index (χ4v) is 3.73. The van der Waals surface area contributed by atoms with Gasteiger partial charge < -0.3 is 0 Å². The van der Waals surface area contributed by atoms with E-state index in [2.05, 4.69) is 9.88 Å². The molecule has 0 radical (unpaired) electrons. The Bertz CT molecular complexity index is 431. The van der Waals surface area contributed by atoms with Gasteiger partial charge in [-0.1, -0.05) is 18.9 Å². The molecule has 1 saturated carbocycles. The lowest BCUT2D eigenvalue weighted by Crippen LogP contribution is -2.52. The van der Waals surface area contributed by atoms with E-state index < -0.39 is 0 Å². The summed E-state index contributed by atoms with van der Waals surface area (Å²) in [5.74, 6) is 0.417. The summed E-state index contributed by atoms with van der Waals surface area (Å²) in [6.45, 7) is 2.22. The second kappa shape index (κ2) is 5.41. The SMILES string of the molecule is O=C(Cc1cccnc1)C1(N2CCCC2)CCCC1. The number of carbonyl (C=O) groups is 1. The number of hydrogen-bond donors (Lipinski definition) is 0. The van der Waals surface area contributed by atoms with Gasteiger partial charge in [0, 0.05) is 18.8 Å². The van der Waals surface area contributed by atoms with Gasteiger partial charge in [0.25, 0.3) is 0 Å². The highest BCUT2D eigenvalue weighted by Crippen LogP contribution is 2.38. The van der Waals surface area contributed by atoms with Crippen molar-refractivity contribution in [2.75, 3.05) is 13.1 Å². The van der Waals surface area contributed by atoms with Gasteiger partial charge in [0.05, 0.1) is 5.54 Å². The number of rotatable bonds is 4. The minimum atomic E-state index is -0.146. The van der Waals surface area contributed by atoms with Crippen LogP contribution in [-0.2, 0) is 11.2 Å². The van der Waals surface area contributed by atoms with Gasteiger partial charge in [-0.2, -0.15) is 0 Å². The first kappa shape index (κ1) is 12.8. The molecule has 0 unspecified atom stereocenters. The number of likely N-dealkylation sites (tertiary alicyclic amines) is 1. The molecule has 102 valence electrons. The predicted octanol–water partition coefficient (Wildman–Crippen LogP) is 2.60. The number of ketones is 1. The van der Waals surface area contributed by atoms with Crippen molar-refractivity contribution in [3.05, 3.63) is 30.1 Å². The molecule has 0 spiro atoms. The molecule has 0 aromatic carbocycles. The van der Waals surface area contributed by atoms with E-state index in [1.165, 1.54) is 25.7 Å². The van der Waals surface area contributed by atoms with E-state index in [4.69, 9.17) is 0 Å². The van der Waals surface area contributed by atoms with Gasteiger partial charge in [-0.3, -0.25) is 14.7 Å². The van der Waals surface area contributed by atoms with Crippen LogP contribution in [0, 0.1) is 0 Å². The van der Waals surface area contributed by atoms with Crippen molar-refractivity contribution in [2.24, 2.45) is 0 Å². The predicted molar refractivity (Wildman–Crippen MR) is 75.0 cm³/mol. The molecule has 3 rings (SSSR count). The highest BCUT2D eigenvalue weighted by atomic mass is 16.1. The second-order valence-corrected chi connectivity index (χ2v) is 5.89. The second-order valence-electron chi connectivity index (χ2n) is 5.89. The molecule has 3 nitrogen and oxygen atoms in total. The summed E-state index contributed by atoms with van der Waals surface area (Å²) in [5, 5.41) is 0. The molecule has 1 saturated heterocycles. The number of hydrogen-bond acceptors (Lipinski definition) is 3.